The highest BCUT2D eigenvalue weighted by Gasteiger charge is 2.11. The third-order valence-corrected chi connectivity index (χ3v) is 2.57. The van der Waals surface area contributed by atoms with Crippen molar-refractivity contribution >= 4 is 16.9 Å². The predicted octanol–water partition coefficient (Wildman–Crippen LogP) is 1.71. The van der Waals surface area contributed by atoms with Gasteiger partial charge in [-0.2, -0.15) is 0 Å². The Labute approximate surface area is 97.9 Å². The van der Waals surface area contributed by atoms with Crippen molar-refractivity contribution in [3.05, 3.63) is 42.4 Å². The number of hydrogen-bond donors (Lipinski definition) is 1. The number of rotatable bonds is 1. The second kappa shape index (κ2) is 3.55. The Hall–Kier alpha value is -2.43. The maximum absolute atomic E-state index is 5.85. The Balaban J connectivity index is 2.34. The first kappa shape index (κ1) is 9.77. The van der Waals surface area contributed by atoms with Crippen LogP contribution in [-0.4, -0.2) is 19.7 Å². The SMILES string of the molecule is Cc1ncc2c(N)nn(-c3ccccc3)c2n1. The van der Waals surface area contributed by atoms with E-state index in [1.54, 1.807) is 10.9 Å². The van der Waals surface area contributed by atoms with E-state index in [0.717, 1.165) is 16.7 Å². The molecule has 2 N–H and O–H groups in total. The molecule has 0 saturated carbocycles. The normalized spacial score (nSPS) is 10.9. The fourth-order valence-corrected chi connectivity index (χ4v) is 1.76. The maximum Gasteiger partial charge on any atom is 0.168 e. The number of anilines is 1. The van der Waals surface area contributed by atoms with Crippen LogP contribution in [0.2, 0.25) is 0 Å². The number of nitrogen functional groups attached to an aromatic ring is 1. The van der Waals surface area contributed by atoms with Gasteiger partial charge < -0.3 is 5.73 Å². The molecule has 0 aliphatic heterocycles. The van der Waals surface area contributed by atoms with Crippen LogP contribution in [0.5, 0.6) is 0 Å². The van der Waals surface area contributed by atoms with E-state index in [9.17, 15) is 0 Å². The summed E-state index contributed by atoms with van der Waals surface area (Å²) in [6.07, 6.45) is 1.71. The Bertz CT molecular complexity index is 672. The number of aryl methyl sites for hydroxylation is 1. The zero-order valence-electron chi connectivity index (χ0n) is 9.33. The van der Waals surface area contributed by atoms with Crippen LogP contribution in [0.1, 0.15) is 5.82 Å². The summed E-state index contributed by atoms with van der Waals surface area (Å²) in [6.45, 7) is 1.85. The van der Waals surface area contributed by atoms with Crippen LogP contribution in [0.25, 0.3) is 16.7 Å². The first-order chi connectivity index (χ1) is 8.25. The van der Waals surface area contributed by atoms with Crippen LogP contribution < -0.4 is 5.73 Å². The lowest BCUT2D eigenvalue weighted by atomic mass is 10.3. The van der Waals surface area contributed by atoms with E-state index < -0.39 is 0 Å². The largest absolute Gasteiger partial charge is 0.382 e. The number of nitrogens with zero attached hydrogens (tertiary/aromatic N) is 4. The fraction of sp³-hybridized carbons (Fsp3) is 0.0833. The fourth-order valence-electron chi connectivity index (χ4n) is 1.76. The first-order valence-corrected chi connectivity index (χ1v) is 5.29. The summed E-state index contributed by atoms with van der Waals surface area (Å²) >= 11 is 0. The molecule has 0 amide bonds. The minimum Gasteiger partial charge on any atom is -0.382 e. The molecule has 2 heterocycles. The van der Waals surface area contributed by atoms with Crippen LogP contribution in [0.4, 0.5) is 5.82 Å². The number of aromatic nitrogens is 4. The van der Waals surface area contributed by atoms with Crippen LogP contribution in [-0.2, 0) is 0 Å². The van der Waals surface area contributed by atoms with Gasteiger partial charge in [0.1, 0.15) is 5.82 Å². The van der Waals surface area contributed by atoms with E-state index >= 15 is 0 Å². The lowest BCUT2D eigenvalue weighted by Gasteiger charge is -2.01. The monoisotopic (exact) mass is 225 g/mol. The van der Waals surface area contributed by atoms with Crippen molar-refractivity contribution in [2.45, 2.75) is 6.92 Å². The molecule has 84 valence electrons. The smallest absolute Gasteiger partial charge is 0.168 e. The third kappa shape index (κ3) is 1.52. The highest BCUT2D eigenvalue weighted by Crippen LogP contribution is 2.21. The molecule has 5 heteroatoms. The molecule has 0 aliphatic rings. The van der Waals surface area contributed by atoms with Crippen molar-refractivity contribution in [3.8, 4) is 5.69 Å². The standard InChI is InChI=1S/C12H11N5/c1-8-14-7-10-11(13)16-17(12(10)15-8)9-5-3-2-4-6-9/h2-7H,1H3,(H2,13,16). The van der Waals surface area contributed by atoms with Crippen molar-refractivity contribution in [2.75, 3.05) is 5.73 Å². The number of hydrogen-bond acceptors (Lipinski definition) is 4. The summed E-state index contributed by atoms with van der Waals surface area (Å²) in [5.41, 5.74) is 7.53. The quantitative estimate of drug-likeness (QED) is 0.684. The predicted molar refractivity (Wildman–Crippen MR) is 65.8 cm³/mol. The molecule has 3 aromatic rings. The zero-order chi connectivity index (χ0) is 11.8. The van der Waals surface area contributed by atoms with Gasteiger partial charge in [0.15, 0.2) is 11.5 Å². The molecule has 0 saturated heterocycles. The van der Waals surface area contributed by atoms with Gasteiger partial charge in [-0.1, -0.05) is 18.2 Å². The summed E-state index contributed by atoms with van der Waals surface area (Å²) in [6, 6.07) is 9.78. The second-order valence-corrected chi connectivity index (χ2v) is 3.79. The van der Waals surface area contributed by atoms with Crippen LogP contribution >= 0.6 is 0 Å². The molecule has 5 nitrogen and oxygen atoms in total. The Morgan fingerprint density at radius 3 is 2.71 bits per heavy atom. The molecule has 1 aromatic carbocycles. The molecule has 0 radical (unpaired) electrons. The molecule has 0 spiro atoms. The van der Waals surface area contributed by atoms with E-state index in [2.05, 4.69) is 15.1 Å². The number of nitrogens with two attached hydrogens (primary N) is 1. The lowest BCUT2D eigenvalue weighted by Crippen LogP contribution is -1.98. The number of para-hydroxylation sites is 1. The molecule has 0 atom stereocenters. The Morgan fingerprint density at radius 2 is 1.94 bits per heavy atom. The van der Waals surface area contributed by atoms with Gasteiger partial charge in [0.05, 0.1) is 11.1 Å². The lowest BCUT2D eigenvalue weighted by molar-refractivity contribution is 0.894. The van der Waals surface area contributed by atoms with Crippen molar-refractivity contribution in [3.63, 3.8) is 0 Å². The van der Waals surface area contributed by atoms with E-state index in [0.29, 0.717) is 11.6 Å². The highest BCUT2D eigenvalue weighted by atomic mass is 15.3. The van der Waals surface area contributed by atoms with Gasteiger partial charge in [-0.15, -0.1) is 5.10 Å². The van der Waals surface area contributed by atoms with E-state index in [1.807, 2.05) is 37.3 Å². The zero-order valence-corrected chi connectivity index (χ0v) is 9.33. The molecule has 0 bridgehead atoms. The van der Waals surface area contributed by atoms with Crippen molar-refractivity contribution in [2.24, 2.45) is 0 Å². The van der Waals surface area contributed by atoms with Gasteiger partial charge >= 0.3 is 0 Å². The van der Waals surface area contributed by atoms with Crippen molar-refractivity contribution < 1.29 is 0 Å². The molecule has 17 heavy (non-hydrogen) atoms. The summed E-state index contributed by atoms with van der Waals surface area (Å²) in [5, 5.41) is 5.07. The topological polar surface area (TPSA) is 69.6 Å². The first-order valence-electron chi connectivity index (χ1n) is 5.29. The summed E-state index contributed by atoms with van der Waals surface area (Å²) < 4.78 is 1.74. The Kier molecular flexibility index (Phi) is 2.04. The van der Waals surface area contributed by atoms with Crippen molar-refractivity contribution in [1.82, 2.24) is 19.7 Å². The third-order valence-electron chi connectivity index (χ3n) is 2.57. The second-order valence-electron chi connectivity index (χ2n) is 3.79. The summed E-state index contributed by atoms with van der Waals surface area (Å²) in [4.78, 5) is 8.51. The highest BCUT2D eigenvalue weighted by molar-refractivity contribution is 5.86. The summed E-state index contributed by atoms with van der Waals surface area (Å²) in [5.74, 6) is 1.15. The molecular weight excluding hydrogens is 214 g/mol. The molecule has 3 rings (SSSR count). The van der Waals surface area contributed by atoms with E-state index in [4.69, 9.17) is 5.73 Å². The Morgan fingerprint density at radius 1 is 1.18 bits per heavy atom. The maximum atomic E-state index is 5.85. The minimum atomic E-state index is 0.448. The number of fused-ring (bicyclic) bond motifs is 1. The minimum absolute atomic E-state index is 0.448. The molecule has 0 unspecified atom stereocenters. The van der Waals surface area contributed by atoms with Crippen LogP contribution in [0.15, 0.2) is 36.5 Å². The number of benzene rings is 1. The van der Waals surface area contributed by atoms with Gasteiger partial charge in [-0.25, -0.2) is 14.6 Å². The summed E-state index contributed by atoms with van der Waals surface area (Å²) in [7, 11) is 0. The average Bonchev–Trinajstić information content (AvgIpc) is 2.67. The van der Waals surface area contributed by atoms with Crippen LogP contribution in [0, 0.1) is 6.92 Å². The van der Waals surface area contributed by atoms with E-state index in [1.165, 1.54) is 0 Å². The molecule has 2 aromatic heterocycles. The van der Waals surface area contributed by atoms with Gasteiger partial charge in [-0.3, -0.25) is 0 Å². The average molecular weight is 225 g/mol. The van der Waals surface area contributed by atoms with Gasteiger partial charge in [0, 0.05) is 6.20 Å². The van der Waals surface area contributed by atoms with Gasteiger partial charge in [-0.05, 0) is 19.1 Å². The van der Waals surface area contributed by atoms with Gasteiger partial charge in [0.2, 0.25) is 0 Å². The molecule has 0 fully saturated rings. The van der Waals surface area contributed by atoms with Gasteiger partial charge in [0.25, 0.3) is 0 Å². The van der Waals surface area contributed by atoms with E-state index in [-0.39, 0.29) is 0 Å². The van der Waals surface area contributed by atoms with Crippen molar-refractivity contribution in [1.29, 1.82) is 0 Å². The molecular formula is C12H11N5. The molecule has 0 aliphatic carbocycles. The van der Waals surface area contributed by atoms with Crippen LogP contribution in [0.3, 0.4) is 0 Å².